The van der Waals surface area contributed by atoms with E-state index < -0.39 is 15.9 Å². The average molecular weight is 421 g/mol. The van der Waals surface area contributed by atoms with Crippen LogP contribution in [0.4, 0.5) is 11.4 Å². The van der Waals surface area contributed by atoms with E-state index in [4.69, 9.17) is 0 Å². The molecule has 1 aromatic heterocycles. The molecule has 0 spiro atoms. The number of amides is 2. The second kappa shape index (κ2) is 9.23. The lowest BCUT2D eigenvalue weighted by Gasteiger charge is -2.17. The zero-order valence-electron chi connectivity index (χ0n) is 17.4. The number of carbonyl (C=O) groups is 2. The Hall–Kier alpha value is -2.65. The lowest BCUT2D eigenvalue weighted by atomic mass is 10.2. The molecule has 0 unspecified atom stereocenters. The van der Waals surface area contributed by atoms with E-state index in [2.05, 4.69) is 10.6 Å². The van der Waals surface area contributed by atoms with Gasteiger partial charge in [-0.05, 0) is 30.3 Å². The number of aryl methyl sites for hydroxylation is 1. The van der Waals surface area contributed by atoms with Crippen LogP contribution in [0.3, 0.4) is 0 Å². The average Bonchev–Trinajstić information content (AvgIpc) is 3.06. The Kier molecular flexibility index (Phi) is 7.21. The summed E-state index contributed by atoms with van der Waals surface area (Å²) >= 11 is 0. The standard InChI is InChI=1S/C20H28N4O4S/c1-6-24(7-2)29(27,28)17-12-18(23(5)13-17)20(26)22-16-10-8-15(9-11-16)21-19(25)14(3)4/h8-14H,6-7H2,1-5H3,(H,21,25)(H,22,26). The molecular weight excluding hydrogens is 392 g/mol. The first-order valence-electron chi connectivity index (χ1n) is 9.48. The van der Waals surface area contributed by atoms with Crippen LogP contribution in [-0.2, 0) is 21.9 Å². The number of anilines is 2. The maximum Gasteiger partial charge on any atom is 0.272 e. The van der Waals surface area contributed by atoms with Crippen LogP contribution in [0.2, 0.25) is 0 Å². The summed E-state index contributed by atoms with van der Waals surface area (Å²) in [5, 5.41) is 5.52. The van der Waals surface area contributed by atoms with Crippen LogP contribution < -0.4 is 10.6 Å². The maximum atomic E-state index is 12.7. The molecule has 2 N–H and O–H groups in total. The Morgan fingerprint density at radius 3 is 2.03 bits per heavy atom. The zero-order chi connectivity index (χ0) is 21.8. The Balaban J connectivity index is 2.16. The topological polar surface area (TPSA) is 101 Å². The smallest absolute Gasteiger partial charge is 0.272 e. The Bertz CT molecular complexity index is 974. The summed E-state index contributed by atoms with van der Waals surface area (Å²) in [6, 6.07) is 8.10. The van der Waals surface area contributed by atoms with E-state index in [0.29, 0.717) is 24.5 Å². The number of carbonyl (C=O) groups excluding carboxylic acids is 2. The minimum absolute atomic E-state index is 0.0839. The molecule has 2 rings (SSSR count). The number of hydrogen-bond donors (Lipinski definition) is 2. The van der Waals surface area contributed by atoms with Crippen LogP contribution in [0.1, 0.15) is 38.2 Å². The van der Waals surface area contributed by atoms with E-state index in [1.54, 1.807) is 59.0 Å². The molecule has 2 aromatic rings. The van der Waals surface area contributed by atoms with E-state index in [-0.39, 0.29) is 22.4 Å². The number of benzene rings is 1. The van der Waals surface area contributed by atoms with Crippen molar-refractivity contribution in [2.24, 2.45) is 13.0 Å². The molecule has 0 aliphatic heterocycles. The largest absolute Gasteiger partial charge is 0.345 e. The summed E-state index contributed by atoms with van der Waals surface area (Å²) in [6.07, 6.45) is 1.44. The number of rotatable bonds is 8. The third-order valence-corrected chi connectivity index (χ3v) is 6.51. The van der Waals surface area contributed by atoms with Crippen LogP contribution in [0.5, 0.6) is 0 Å². The fourth-order valence-corrected chi connectivity index (χ4v) is 4.26. The van der Waals surface area contributed by atoms with Crippen molar-refractivity contribution in [3.05, 3.63) is 42.2 Å². The van der Waals surface area contributed by atoms with E-state index in [1.165, 1.54) is 21.1 Å². The van der Waals surface area contributed by atoms with Crippen molar-refractivity contribution < 1.29 is 18.0 Å². The van der Waals surface area contributed by atoms with Crippen molar-refractivity contribution in [3.8, 4) is 0 Å². The Labute approximate surface area is 172 Å². The molecule has 158 valence electrons. The van der Waals surface area contributed by atoms with E-state index in [0.717, 1.165) is 0 Å². The van der Waals surface area contributed by atoms with Crippen LogP contribution >= 0.6 is 0 Å². The normalized spacial score (nSPS) is 11.7. The fraction of sp³-hybridized carbons (Fsp3) is 0.400. The maximum absolute atomic E-state index is 12.7. The number of nitrogens with zero attached hydrogens (tertiary/aromatic N) is 2. The third kappa shape index (κ3) is 5.24. The molecule has 1 heterocycles. The first-order valence-corrected chi connectivity index (χ1v) is 10.9. The number of aromatic nitrogens is 1. The molecule has 0 saturated heterocycles. The zero-order valence-corrected chi connectivity index (χ0v) is 18.2. The lowest BCUT2D eigenvalue weighted by molar-refractivity contribution is -0.118. The molecule has 8 nitrogen and oxygen atoms in total. The molecule has 0 radical (unpaired) electrons. The second-order valence-corrected chi connectivity index (χ2v) is 8.87. The van der Waals surface area contributed by atoms with Gasteiger partial charge in [-0.25, -0.2) is 8.42 Å². The summed E-state index contributed by atoms with van der Waals surface area (Å²) in [5.41, 5.74) is 1.40. The van der Waals surface area contributed by atoms with Crippen molar-refractivity contribution in [2.45, 2.75) is 32.6 Å². The summed E-state index contributed by atoms with van der Waals surface area (Å²) < 4.78 is 28.2. The molecule has 2 amide bonds. The molecule has 1 aromatic carbocycles. The van der Waals surface area contributed by atoms with Crippen molar-refractivity contribution in [3.63, 3.8) is 0 Å². The first kappa shape index (κ1) is 22.6. The summed E-state index contributed by atoms with van der Waals surface area (Å²) in [4.78, 5) is 24.4. The second-order valence-electron chi connectivity index (χ2n) is 6.94. The van der Waals surface area contributed by atoms with E-state index in [9.17, 15) is 18.0 Å². The van der Waals surface area contributed by atoms with Crippen LogP contribution in [0.25, 0.3) is 0 Å². The van der Waals surface area contributed by atoms with Crippen molar-refractivity contribution in [1.29, 1.82) is 0 Å². The number of sulfonamides is 1. The number of nitrogens with one attached hydrogen (secondary N) is 2. The van der Waals surface area contributed by atoms with Gasteiger partial charge >= 0.3 is 0 Å². The summed E-state index contributed by atoms with van der Waals surface area (Å²) in [7, 11) is -2.02. The van der Waals surface area contributed by atoms with Gasteiger partial charge in [0.25, 0.3) is 5.91 Å². The highest BCUT2D eigenvalue weighted by Crippen LogP contribution is 2.20. The van der Waals surface area contributed by atoms with Crippen LogP contribution in [0.15, 0.2) is 41.4 Å². The van der Waals surface area contributed by atoms with Gasteiger partial charge in [-0.2, -0.15) is 4.31 Å². The molecule has 0 atom stereocenters. The summed E-state index contributed by atoms with van der Waals surface area (Å²) in [5.74, 6) is -0.645. The minimum atomic E-state index is -3.64. The van der Waals surface area contributed by atoms with Gasteiger partial charge in [-0.1, -0.05) is 27.7 Å². The van der Waals surface area contributed by atoms with Gasteiger partial charge in [-0.15, -0.1) is 0 Å². The van der Waals surface area contributed by atoms with E-state index in [1.807, 2.05) is 0 Å². The van der Waals surface area contributed by atoms with Gasteiger partial charge in [-0.3, -0.25) is 9.59 Å². The summed E-state index contributed by atoms with van der Waals surface area (Å²) in [6.45, 7) is 7.86. The molecule has 0 aliphatic carbocycles. The molecule has 0 fully saturated rings. The first-order chi connectivity index (χ1) is 13.6. The predicted molar refractivity (Wildman–Crippen MR) is 113 cm³/mol. The molecule has 0 aliphatic rings. The van der Waals surface area contributed by atoms with Crippen molar-refractivity contribution >= 4 is 33.2 Å². The molecule has 0 saturated carbocycles. The Morgan fingerprint density at radius 1 is 1.03 bits per heavy atom. The SMILES string of the molecule is CCN(CC)S(=O)(=O)c1cc(C(=O)Nc2ccc(NC(=O)C(C)C)cc2)n(C)c1. The van der Waals surface area contributed by atoms with E-state index >= 15 is 0 Å². The molecular formula is C20H28N4O4S. The molecule has 29 heavy (non-hydrogen) atoms. The van der Waals surface area contributed by atoms with Gasteiger partial charge in [0, 0.05) is 43.6 Å². The molecule has 0 bridgehead atoms. The fourth-order valence-electron chi connectivity index (χ4n) is 2.73. The minimum Gasteiger partial charge on any atom is -0.345 e. The highest BCUT2D eigenvalue weighted by atomic mass is 32.2. The Morgan fingerprint density at radius 2 is 1.55 bits per heavy atom. The van der Waals surface area contributed by atoms with Crippen molar-refractivity contribution in [1.82, 2.24) is 8.87 Å². The lowest BCUT2D eigenvalue weighted by Crippen LogP contribution is -2.30. The third-order valence-electron chi connectivity index (χ3n) is 4.49. The van der Waals surface area contributed by atoms with Gasteiger partial charge < -0.3 is 15.2 Å². The van der Waals surface area contributed by atoms with Gasteiger partial charge in [0.1, 0.15) is 10.6 Å². The van der Waals surface area contributed by atoms with Gasteiger partial charge in [0.05, 0.1) is 0 Å². The predicted octanol–water partition coefficient (Wildman–Crippen LogP) is 2.90. The number of hydrogen-bond acceptors (Lipinski definition) is 4. The van der Waals surface area contributed by atoms with Gasteiger partial charge in [0.2, 0.25) is 15.9 Å². The van der Waals surface area contributed by atoms with Crippen LogP contribution in [0, 0.1) is 5.92 Å². The quantitative estimate of drug-likeness (QED) is 0.686. The highest BCUT2D eigenvalue weighted by molar-refractivity contribution is 7.89. The van der Waals surface area contributed by atoms with Gasteiger partial charge in [0.15, 0.2) is 0 Å². The highest BCUT2D eigenvalue weighted by Gasteiger charge is 2.25. The molecule has 9 heteroatoms. The van der Waals surface area contributed by atoms with Crippen LogP contribution in [-0.4, -0.2) is 42.2 Å². The monoisotopic (exact) mass is 420 g/mol. The van der Waals surface area contributed by atoms with Crippen molar-refractivity contribution in [2.75, 3.05) is 23.7 Å².